The van der Waals surface area contributed by atoms with Crippen molar-refractivity contribution in [2.24, 2.45) is 0 Å². The van der Waals surface area contributed by atoms with Crippen LogP contribution in [0.4, 0.5) is 4.39 Å². The average molecular weight is 270 g/mol. The number of hydrogen-bond donors (Lipinski definition) is 0. The second kappa shape index (κ2) is 4.96. The van der Waals surface area contributed by atoms with Crippen molar-refractivity contribution in [3.05, 3.63) is 59.7 Å². The van der Waals surface area contributed by atoms with E-state index in [0.717, 1.165) is 22.4 Å². The normalized spacial score (nSPS) is 10.9. The first-order chi connectivity index (χ1) is 9.69. The molecule has 0 amide bonds. The van der Waals surface area contributed by atoms with Gasteiger partial charge >= 0.3 is 0 Å². The summed E-state index contributed by atoms with van der Waals surface area (Å²) in [7, 11) is 1.46. The minimum atomic E-state index is -0.341. The topological polar surface area (TPSA) is 27.1 Å². The summed E-state index contributed by atoms with van der Waals surface area (Å²) >= 11 is 0. The molecule has 3 rings (SSSR count). The summed E-state index contributed by atoms with van der Waals surface area (Å²) in [6.45, 7) is 2.55. The fraction of sp³-hybridized carbons (Fsp3) is 0.188. The fourth-order valence-electron chi connectivity index (χ4n) is 2.39. The third-order valence-electron chi connectivity index (χ3n) is 3.40. The molecule has 0 saturated carbocycles. The minimum Gasteiger partial charge on any atom is -0.494 e. The molecule has 20 heavy (non-hydrogen) atoms. The van der Waals surface area contributed by atoms with Crippen LogP contribution in [0.25, 0.3) is 11.0 Å². The third-order valence-corrected chi connectivity index (χ3v) is 3.40. The Labute approximate surface area is 116 Å². The molecule has 3 aromatic rings. The van der Waals surface area contributed by atoms with Gasteiger partial charge in [-0.15, -0.1) is 0 Å². The summed E-state index contributed by atoms with van der Waals surface area (Å²) in [6, 6.07) is 13.0. The molecule has 0 bridgehead atoms. The van der Waals surface area contributed by atoms with Crippen LogP contribution in [0.5, 0.6) is 5.75 Å². The first-order valence-electron chi connectivity index (χ1n) is 6.43. The number of ether oxygens (including phenoxy) is 1. The van der Waals surface area contributed by atoms with Gasteiger partial charge in [-0.3, -0.25) is 0 Å². The maximum Gasteiger partial charge on any atom is 0.165 e. The Hall–Kier alpha value is -2.36. The molecule has 0 saturated heterocycles. The molecule has 0 N–H and O–H groups in total. The molecule has 1 aromatic heterocycles. The minimum absolute atomic E-state index is 0.265. The number of benzene rings is 2. The lowest BCUT2D eigenvalue weighted by Crippen LogP contribution is -2.02. The molecule has 0 aliphatic carbocycles. The van der Waals surface area contributed by atoms with Crippen molar-refractivity contribution in [1.82, 2.24) is 9.55 Å². The van der Waals surface area contributed by atoms with Gasteiger partial charge in [0.1, 0.15) is 5.82 Å². The van der Waals surface area contributed by atoms with Crippen LogP contribution in [0, 0.1) is 12.7 Å². The summed E-state index contributed by atoms with van der Waals surface area (Å²) in [6.07, 6.45) is 0. The van der Waals surface area contributed by atoms with E-state index in [0.29, 0.717) is 6.54 Å². The summed E-state index contributed by atoms with van der Waals surface area (Å²) in [5.41, 5.74) is 2.90. The van der Waals surface area contributed by atoms with E-state index in [1.807, 2.05) is 37.3 Å². The monoisotopic (exact) mass is 270 g/mol. The summed E-state index contributed by atoms with van der Waals surface area (Å²) in [5.74, 6) is 0.843. The number of aryl methyl sites for hydroxylation is 1. The smallest absolute Gasteiger partial charge is 0.165 e. The molecule has 102 valence electrons. The second-order valence-corrected chi connectivity index (χ2v) is 4.70. The van der Waals surface area contributed by atoms with E-state index >= 15 is 0 Å². The summed E-state index contributed by atoms with van der Waals surface area (Å²) in [4.78, 5) is 4.51. The first-order valence-corrected chi connectivity index (χ1v) is 6.43. The summed E-state index contributed by atoms with van der Waals surface area (Å²) < 4.78 is 20.8. The standard InChI is InChI=1S/C16H15FN2O/c1-11-18-14-5-3-4-6-15(14)19(11)10-12-7-8-16(20-2)13(17)9-12/h3-9H,10H2,1-2H3. The molecule has 0 fully saturated rings. The summed E-state index contributed by atoms with van der Waals surface area (Å²) in [5, 5.41) is 0. The molecule has 0 aliphatic heterocycles. The van der Waals surface area contributed by atoms with Gasteiger partial charge in [-0.25, -0.2) is 9.37 Å². The predicted octanol–water partition coefficient (Wildman–Crippen LogP) is 3.54. The van der Waals surface area contributed by atoms with E-state index in [-0.39, 0.29) is 11.6 Å². The zero-order valence-corrected chi connectivity index (χ0v) is 11.4. The molecule has 0 unspecified atom stereocenters. The maximum atomic E-state index is 13.7. The highest BCUT2D eigenvalue weighted by Gasteiger charge is 2.09. The van der Waals surface area contributed by atoms with E-state index in [1.165, 1.54) is 13.2 Å². The molecule has 3 nitrogen and oxygen atoms in total. The Morgan fingerprint density at radius 3 is 2.75 bits per heavy atom. The molecular weight excluding hydrogens is 255 g/mol. The van der Waals surface area contributed by atoms with E-state index in [2.05, 4.69) is 9.55 Å². The van der Waals surface area contributed by atoms with Crippen molar-refractivity contribution in [3.63, 3.8) is 0 Å². The molecule has 0 spiro atoms. The van der Waals surface area contributed by atoms with Gasteiger partial charge in [-0.1, -0.05) is 18.2 Å². The van der Waals surface area contributed by atoms with Gasteiger partial charge in [0, 0.05) is 6.54 Å². The zero-order valence-electron chi connectivity index (χ0n) is 11.4. The first kappa shape index (κ1) is 12.7. The van der Waals surface area contributed by atoms with Crippen LogP contribution in [0.3, 0.4) is 0 Å². The Balaban J connectivity index is 2.01. The number of halogens is 1. The molecule has 0 radical (unpaired) electrons. The number of fused-ring (bicyclic) bond motifs is 1. The van der Waals surface area contributed by atoms with Crippen molar-refractivity contribution >= 4 is 11.0 Å². The highest BCUT2D eigenvalue weighted by atomic mass is 19.1. The number of methoxy groups -OCH3 is 1. The van der Waals surface area contributed by atoms with E-state index in [9.17, 15) is 4.39 Å². The van der Waals surface area contributed by atoms with E-state index in [4.69, 9.17) is 4.74 Å². The van der Waals surface area contributed by atoms with E-state index < -0.39 is 0 Å². The highest BCUT2D eigenvalue weighted by Crippen LogP contribution is 2.21. The number of rotatable bonds is 3. The van der Waals surface area contributed by atoms with Crippen molar-refractivity contribution < 1.29 is 9.13 Å². The zero-order chi connectivity index (χ0) is 14.1. The number of nitrogens with zero attached hydrogens (tertiary/aromatic N) is 2. The second-order valence-electron chi connectivity index (χ2n) is 4.70. The van der Waals surface area contributed by atoms with Gasteiger partial charge in [-0.05, 0) is 36.8 Å². The molecular formula is C16H15FN2O. The van der Waals surface area contributed by atoms with Crippen LogP contribution in [-0.2, 0) is 6.54 Å². The lowest BCUT2D eigenvalue weighted by atomic mass is 10.2. The Bertz CT molecular complexity index is 764. The van der Waals surface area contributed by atoms with Crippen molar-refractivity contribution in [1.29, 1.82) is 0 Å². The van der Waals surface area contributed by atoms with Gasteiger partial charge < -0.3 is 9.30 Å². The van der Waals surface area contributed by atoms with Gasteiger partial charge in [0.2, 0.25) is 0 Å². The third kappa shape index (κ3) is 2.13. The van der Waals surface area contributed by atoms with Crippen LogP contribution in [0.1, 0.15) is 11.4 Å². The van der Waals surface area contributed by atoms with Gasteiger partial charge in [0.25, 0.3) is 0 Å². The highest BCUT2D eigenvalue weighted by molar-refractivity contribution is 5.75. The van der Waals surface area contributed by atoms with Crippen LogP contribution in [-0.4, -0.2) is 16.7 Å². The number of para-hydroxylation sites is 2. The Morgan fingerprint density at radius 1 is 1.20 bits per heavy atom. The van der Waals surface area contributed by atoms with Crippen LogP contribution < -0.4 is 4.74 Å². The Morgan fingerprint density at radius 2 is 2.00 bits per heavy atom. The fourth-order valence-corrected chi connectivity index (χ4v) is 2.39. The van der Waals surface area contributed by atoms with Crippen molar-refractivity contribution in [2.45, 2.75) is 13.5 Å². The maximum absolute atomic E-state index is 13.7. The number of aromatic nitrogens is 2. The molecule has 4 heteroatoms. The Kier molecular flexibility index (Phi) is 3.14. The largest absolute Gasteiger partial charge is 0.494 e. The number of hydrogen-bond acceptors (Lipinski definition) is 2. The SMILES string of the molecule is COc1ccc(Cn2c(C)nc3ccccc32)cc1F. The molecule has 1 heterocycles. The lowest BCUT2D eigenvalue weighted by Gasteiger charge is -2.09. The van der Waals surface area contributed by atoms with Crippen LogP contribution >= 0.6 is 0 Å². The van der Waals surface area contributed by atoms with Crippen LogP contribution in [0.15, 0.2) is 42.5 Å². The van der Waals surface area contributed by atoms with Crippen LogP contribution in [0.2, 0.25) is 0 Å². The lowest BCUT2D eigenvalue weighted by molar-refractivity contribution is 0.386. The number of imidazole rings is 1. The van der Waals surface area contributed by atoms with Gasteiger partial charge in [0.15, 0.2) is 11.6 Å². The average Bonchev–Trinajstić information content (AvgIpc) is 2.76. The quantitative estimate of drug-likeness (QED) is 0.728. The predicted molar refractivity (Wildman–Crippen MR) is 76.5 cm³/mol. The molecule has 0 atom stereocenters. The van der Waals surface area contributed by atoms with Crippen molar-refractivity contribution in [3.8, 4) is 5.75 Å². The molecule has 0 aliphatic rings. The van der Waals surface area contributed by atoms with Gasteiger partial charge in [0.05, 0.1) is 18.1 Å². The van der Waals surface area contributed by atoms with Gasteiger partial charge in [-0.2, -0.15) is 0 Å². The van der Waals surface area contributed by atoms with Crippen molar-refractivity contribution in [2.75, 3.05) is 7.11 Å². The van der Waals surface area contributed by atoms with E-state index in [1.54, 1.807) is 6.07 Å². The molecule has 2 aromatic carbocycles.